The second kappa shape index (κ2) is 7.09. The van der Waals surface area contributed by atoms with Crippen molar-refractivity contribution in [3.05, 3.63) is 0 Å². The SMILES string of the molecule is CN(C(=O)CS(=O)(=O)CCCO)C1CCCCC1. The van der Waals surface area contributed by atoms with Gasteiger partial charge in [0.15, 0.2) is 9.84 Å². The molecule has 1 saturated carbocycles. The predicted molar refractivity (Wildman–Crippen MR) is 70.0 cm³/mol. The van der Waals surface area contributed by atoms with Gasteiger partial charge in [0, 0.05) is 19.7 Å². The van der Waals surface area contributed by atoms with Crippen LogP contribution in [0.4, 0.5) is 0 Å². The van der Waals surface area contributed by atoms with Crippen molar-refractivity contribution in [2.24, 2.45) is 0 Å². The van der Waals surface area contributed by atoms with E-state index >= 15 is 0 Å². The number of carbonyl (C=O) groups is 1. The molecule has 1 N–H and O–H groups in total. The maximum Gasteiger partial charge on any atom is 0.237 e. The maximum absolute atomic E-state index is 11.9. The van der Waals surface area contributed by atoms with Crippen LogP contribution in [0.25, 0.3) is 0 Å². The van der Waals surface area contributed by atoms with Crippen molar-refractivity contribution < 1.29 is 18.3 Å². The first kappa shape index (κ1) is 15.4. The number of aliphatic hydroxyl groups is 1. The molecule has 1 rings (SSSR count). The van der Waals surface area contributed by atoms with Gasteiger partial charge in [-0.05, 0) is 19.3 Å². The first-order chi connectivity index (χ1) is 8.46. The number of amides is 1. The maximum atomic E-state index is 11.9. The molecule has 0 heterocycles. The number of hydrogen-bond donors (Lipinski definition) is 1. The first-order valence-corrected chi connectivity index (χ1v) is 8.35. The molecule has 106 valence electrons. The molecular weight excluding hydrogens is 254 g/mol. The zero-order valence-electron chi connectivity index (χ0n) is 11.0. The van der Waals surface area contributed by atoms with Gasteiger partial charge >= 0.3 is 0 Å². The summed E-state index contributed by atoms with van der Waals surface area (Å²) in [6.07, 6.45) is 5.56. The van der Waals surface area contributed by atoms with Crippen LogP contribution in [0.3, 0.4) is 0 Å². The van der Waals surface area contributed by atoms with Crippen molar-refractivity contribution in [2.45, 2.75) is 44.6 Å². The Morgan fingerprint density at radius 1 is 1.28 bits per heavy atom. The van der Waals surface area contributed by atoms with Crippen molar-refractivity contribution in [2.75, 3.05) is 25.2 Å². The zero-order chi connectivity index (χ0) is 13.6. The van der Waals surface area contributed by atoms with Gasteiger partial charge in [-0.1, -0.05) is 19.3 Å². The lowest BCUT2D eigenvalue weighted by Crippen LogP contribution is -2.41. The molecule has 18 heavy (non-hydrogen) atoms. The Morgan fingerprint density at radius 3 is 2.44 bits per heavy atom. The number of rotatable bonds is 6. The summed E-state index contributed by atoms with van der Waals surface area (Å²) in [6, 6.07) is 0.194. The van der Waals surface area contributed by atoms with Crippen LogP contribution in [0.15, 0.2) is 0 Å². The minimum atomic E-state index is -3.38. The Labute approximate surface area is 109 Å². The van der Waals surface area contributed by atoms with E-state index in [0.29, 0.717) is 0 Å². The van der Waals surface area contributed by atoms with Crippen molar-refractivity contribution in [1.82, 2.24) is 4.90 Å². The van der Waals surface area contributed by atoms with E-state index in [-0.39, 0.29) is 30.7 Å². The van der Waals surface area contributed by atoms with E-state index in [9.17, 15) is 13.2 Å². The summed E-state index contributed by atoms with van der Waals surface area (Å²) in [5.74, 6) is -0.867. The van der Waals surface area contributed by atoms with E-state index in [2.05, 4.69) is 0 Å². The molecule has 0 unspecified atom stereocenters. The van der Waals surface area contributed by atoms with Crippen LogP contribution in [0.5, 0.6) is 0 Å². The van der Waals surface area contributed by atoms with Crippen LogP contribution in [-0.2, 0) is 14.6 Å². The Kier molecular flexibility index (Phi) is 6.08. The number of aliphatic hydroxyl groups excluding tert-OH is 1. The highest BCUT2D eigenvalue weighted by molar-refractivity contribution is 7.92. The molecule has 1 fully saturated rings. The molecule has 0 aromatic carbocycles. The quantitative estimate of drug-likeness (QED) is 0.770. The first-order valence-electron chi connectivity index (χ1n) is 6.53. The average Bonchev–Trinajstić information content (AvgIpc) is 2.36. The summed E-state index contributed by atoms with van der Waals surface area (Å²) in [5, 5.41) is 8.62. The van der Waals surface area contributed by atoms with Crippen LogP contribution < -0.4 is 0 Å². The summed E-state index contributed by atoms with van der Waals surface area (Å²) >= 11 is 0. The molecule has 0 aliphatic heterocycles. The second-order valence-electron chi connectivity index (χ2n) is 4.97. The summed E-state index contributed by atoms with van der Waals surface area (Å²) in [6.45, 7) is -0.161. The minimum Gasteiger partial charge on any atom is -0.396 e. The fourth-order valence-corrected chi connectivity index (χ4v) is 3.61. The summed E-state index contributed by atoms with van der Waals surface area (Å²) < 4.78 is 23.3. The monoisotopic (exact) mass is 277 g/mol. The lowest BCUT2D eigenvalue weighted by molar-refractivity contribution is -0.129. The van der Waals surface area contributed by atoms with Gasteiger partial charge < -0.3 is 10.0 Å². The normalized spacial score (nSPS) is 17.7. The minimum absolute atomic E-state index is 0.117. The third-order valence-electron chi connectivity index (χ3n) is 3.47. The van der Waals surface area contributed by atoms with Gasteiger partial charge in [0.2, 0.25) is 5.91 Å². The lowest BCUT2D eigenvalue weighted by Gasteiger charge is -2.31. The number of carbonyl (C=O) groups excluding carboxylic acids is 1. The molecule has 0 aromatic heterocycles. The molecule has 0 bridgehead atoms. The molecule has 6 heteroatoms. The van der Waals surface area contributed by atoms with E-state index in [1.165, 1.54) is 6.42 Å². The Morgan fingerprint density at radius 2 is 1.89 bits per heavy atom. The molecule has 5 nitrogen and oxygen atoms in total. The van der Waals surface area contributed by atoms with Gasteiger partial charge in [-0.3, -0.25) is 4.79 Å². The van der Waals surface area contributed by atoms with Crippen molar-refractivity contribution in [3.8, 4) is 0 Å². The second-order valence-corrected chi connectivity index (χ2v) is 7.15. The van der Waals surface area contributed by atoms with Crippen LogP contribution in [0, 0.1) is 0 Å². The molecule has 0 saturated heterocycles. The van der Waals surface area contributed by atoms with E-state index in [1.54, 1.807) is 11.9 Å². The van der Waals surface area contributed by atoms with Crippen molar-refractivity contribution in [3.63, 3.8) is 0 Å². The summed E-state index contributed by atoms with van der Waals surface area (Å²) in [7, 11) is -1.68. The van der Waals surface area contributed by atoms with Gasteiger partial charge in [0.25, 0.3) is 0 Å². The highest BCUT2D eigenvalue weighted by atomic mass is 32.2. The third kappa shape index (κ3) is 4.94. The Bertz CT molecular complexity index is 360. The number of nitrogens with zero attached hydrogens (tertiary/aromatic N) is 1. The molecule has 1 aliphatic rings. The van der Waals surface area contributed by atoms with E-state index in [4.69, 9.17) is 5.11 Å². The zero-order valence-corrected chi connectivity index (χ0v) is 11.8. The molecule has 0 aromatic rings. The van der Waals surface area contributed by atoms with Crippen molar-refractivity contribution in [1.29, 1.82) is 0 Å². The van der Waals surface area contributed by atoms with E-state index in [0.717, 1.165) is 25.7 Å². The fraction of sp³-hybridized carbons (Fsp3) is 0.917. The van der Waals surface area contributed by atoms with Gasteiger partial charge in [-0.2, -0.15) is 0 Å². The molecule has 0 radical (unpaired) electrons. The van der Waals surface area contributed by atoms with E-state index < -0.39 is 15.6 Å². The highest BCUT2D eigenvalue weighted by Gasteiger charge is 2.25. The van der Waals surface area contributed by atoms with Crippen LogP contribution in [0.1, 0.15) is 38.5 Å². The standard InChI is InChI=1S/C12H23NO4S/c1-13(11-6-3-2-4-7-11)12(15)10-18(16,17)9-5-8-14/h11,14H,2-10H2,1H3. The molecule has 1 aliphatic carbocycles. The fourth-order valence-electron chi connectivity index (χ4n) is 2.32. The summed E-state index contributed by atoms with van der Waals surface area (Å²) in [4.78, 5) is 13.5. The highest BCUT2D eigenvalue weighted by Crippen LogP contribution is 2.21. The molecule has 0 atom stereocenters. The van der Waals surface area contributed by atoms with Crippen molar-refractivity contribution >= 4 is 15.7 Å². The Balaban J connectivity index is 2.48. The van der Waals surface area contributed by atoms with Crippen LogP contribution in [-0.4, -0.2) is 55.5 Å². The lowest BCUT2D eigenvalue weighted by atomic mass is 9.94. The van der Waals surface area contributed by atoms with E-state index in [1.807, 2.05) is 0 Å². The van der Waals surface area contributed by atoms with Gasteiger partial charge in [0.1, 0.15) is 5.75 Å². The average molecular weight is 277 g/mol. The van der Waals surface area contributed by atoms with Gasteiger partial charge in [-0.15, -0.1) is 0 Å². The Hall–Kier alpha value is -0.620. The van der Waals surface area contributed by atoms with Gasteiger partial charge in [0.05, 0.1) is 5.75 Å². The van der Waals surface area contributed by atoms with Gasteiger partial charge in [-0.25, -0.2) is 8.42 Å². The number of hydrogen-bond acceptors (Lipinski definition) is 4. The van der Waals surface area contributed by atoms with Crippen LogP contribution in [0.2, 0.25) is 0 Å². The molecule has 1 amide bonds. The largest absolute Gasteiger partial charge is 0.396 e. The predicted octanol–water partition coefficient (Wildman–Crippen LogP) is 0.575. The number of sulfone groups is 1. The summed E-state index contributed by atoms with van der Waals surface area (Å²) in [5.41, 5.74) is 0. The molecular formula is C12H23NO4S. The smallest absolute Gasteiger partial charge is 0.237 e. The third-order valence-corrected chi connectivity index (χ3v) is 5.07. The molecule has 0 spiro atoms. The topological polar surface area (TPSA) is 74.7 Å². The van der Waals surface area contributed by atoms with Crippen LogP contribution >= 0.6 is 0 Å².